The molecule has 2 bridgehead atoms. The van der Waals surface area contributed by atoms with Crippen molar-refractivity contribution in [3.63, 3.8) is 0 Å². The van der Waals surface area contributed by atoms with E-state index in [-0.39, 0.29) is 29.4 Å². The third-order valence-corrected chi connectivity index (χ3v) is 5.20. The molecule has 5 rings (SSSR count). The fraction of sp³-hybridized carbons (Fsp3) is 0.412. The Balaban J connectivity index is 1.90. The van der Waals surface area contributed by atoms with Gasteiger partial charge in [0, 0.05) is 29.6 Å². The fourth-order valence-corrected chi connectivity index (χ4v) is 4.12. The lowest BCUT2D eigenvalue weighted by Crippen LogP contribution is -2.39. The summed E-state index contributed by atoms with van der Waals surface area (Å²) >= 11 is 0. The first-order chi connectivity index (χ1) is 11.3. The number of fused-ring (bicyclic) bond motifs is 2. The molecule has 1 saturated heterocycles. The number of aromatic hydroxyl groups is 2. The summed E-state index contributed by atoms with van der Waals surface area (Å²) in [6.07, 6.45) is -2.71. The molecule has 1 aromatic carbocycles. The molecule has 7 heteroatoms. The zero-order valence-electron chi connectivity index (χ0n) is 13.0. The Kier molecular flexibility index (Phi) is 3.16. The quantitative estimate of drug-likeness (QED) is 0.832. The molecular formula is C17H17F3N2O2. The average molecular weight is 338 g/mol. The van der Waals surface area contributed by atoms with Gasteiger partial charge in [-0.05, 0) is 38.1 Å². The second-order valence-corrected chi connectivity index (χ2v) is 6.59. The van der Waals surface area contributed by atoms with Gasteiger partial charge < -0.3 is 10.2 Å². The SMILES string of the molecule is CN1CC2CC[C@@H]1c1c2c(O)n(-c2cccc(C(F)(F)F)c2)c1O. The van der Waals surface area contributed by atoms with Gasteiger partial charge in [0.15, 0.2) is 0 Å². The van der Waals surface area contributed by atoms with E-state index in [1.807, 2.05) is 7.05 Å². The maximum atomic E-state index is 13.0. The monoisotopic (exact) mass is 338 g/mol. The molecule has 2 atom stereocenters. The minimum Gasteiger partial charge on any atom is -0.494 e. The number of piperidine rings is 1. The van der Waals surface area contributed by atoms with Crippen molar-refractivity contribution >= 4 is 0 Å². The van der Waals surface area contributed by atoms with E-state index in [0.29, 0.717) is 11.1 Å². The number of aromatic nitrogens is 1. The largest absolute Gasteiger partial charge is 0.494 e. The van der Waals surface area contributed by atoms with Crippen LogP contribution in [-0.4, -0.2) is 33.3 Å². The Bertz CT molecular complexity index is 813. The van der Waals surface area contributed by atoms with Crippen LogP contribution >= 0.6 is 0 Å². The van der Waals surface area contributed by atoms with Crippen LogP contribution in [0.4, 0.5) is 13.2 Å². The molecule has 0 spiro atoms. The lowest BCUT2D eigenvalue weighted by molar-refractivity contribution is -0.137. The first-order valence-electron chi connectivity index (χ1n) is 7.83. The highest BCUT2D eigenvalue weighted by molar-refractivity contribution is 5.58. The van der Waals surface area contributed by atoms with Crippen LogP contribution in [0.15, 0.2) is 24.3 Å². The fourth-order valence-electron chi connectivity index (χ4n) is 4.12. The van der Waals surface area contributed by atoms with Crippen molar-refractivity contribution in [1.29, 1.82) is 0 Å². The van der Waals surface area contributed by atoms with Gasteiger partial charge in [0.05, 0.1) is 11.3 Å². The van der Waals surface area contributed by atoms with Crippen LogP contribution in [0.25, 0.3) is 5.69 Å². The second kappa shape index (κ2) is 4.92. The standard InChI is InChI=1S/C17H17F3N2O2/c1-21-8-9-5-6-12(21)14-13(9)15(23)22(16(14)24)11-4-2-3-10(7-11)17(18,19)20/h2-4,7,9,12,23-24H,5-6,8H2,1H3/t9?,12-/m1/s1. The summed E-state index contributed by atoms with van der Waals surface area (Å²) in [6.45, 7) is 0.775. The van der Waals surface area contributed by atoms with Gasteiger partial charge in [-0.25, -0.2) is 0 Å². The smallest absolute Gasteiger partial charge is 0.416 e. The first-order valence-corrected chi connectivity index (χ1v) is 7.83. The average Bonchev–Trinajstić information content (AvgIpc) is 2.80. The van der Waals surface area contributed by atoms with Crippen molar-refractivity contribution in [2.75, 3.05) is 13.6 Å². The molecule has 1 aliphatic carbocycles. The number of halogens is 3. The highest BCUT2D eigenvalue weighted by Gasteiger charge is 2.43. The normalized spacial score (nSPS) is 23.5. The molecule has 0 radical (unpaired) electrons. The molecule has 2 aliphatic heterocycles. The van der Waals surface area contributed by atoms with E-state index in [2.05, 4.69) is 4.90 Å². The second-order valence-electron chi connectivity index (χ2n) is 6.59. The Morgan fingerprint density at radius 2 is 1.79 bits per heavy atom. The molecule has 1 aromatic heterocycles. The number of hydrogen-bond donors (Lipinski definition) is 2. The lowest BCUT2D eigenvalue weighted by atomic mass is 9.77. The van der Waals surface area contributed by atoms with Gasteiger partial charge in [-0.1, -0.05) is 6.07 Å². The molecule has 4 nitrogen and oxygen atoms in total. The van der Waals surface area contributed by atoms with E-state index in [1.54, 1.807) is 0 Å². The molecule has 24 heavy (non-hydrogen) atoms. The van der Waals surface area contributed by atoms with Crippen LogP contribution in [0.3, 0.4) is 0 Å². The molecular weight excluding hydrogens is 321 g/mol. The topological polar surface area (TPSA) is 48.6 Å². The summed E-state index contributed by atoms with van der Waals surface area (Å²) < 4.78 is 40.0. The summed E-state index contributed by atoms with van der Waals surface area (Å²) in [5.41, 5.74) is 0.621. The van der Waals surface area contributed by atoms with Gasteiger partial charge in [-0.2, -0.15) is 13.2 Å². The highest BCUT2D eigenvalue weighted by Crippen LogP contribution is 2.54. The predicted molar refractivity (Wildman–Crippen MR) is 81.4 cm³/mol. The summed E-state index contributed by atoms with van der Waals surface area (Å²) in [5.74, 6) is -0.222. The van der Waals surface area contributed by atoms with Crippen molar-refractivity contribution in [2.24, 2.45) is 0 Å². The molecule has 0 saturated carbocycles. The van der Waals surface area contributed by atoms with Gasteiger partial charge in [0.2, 0.25) is 11.8 Å². The number of likely N-dealkylation sites (N-methyl/N-ethyl adjacent to an activating group) is 1. The third-order valence-electron chi connectivity index (χ3n) is 5.20. The van der Waals surface area contributed by atoms with Gasteiger partial charge in [0.25, 0.3) is 0 Å². The van der Waals surface area contributed by atoms with Crippen LogP contribution in [0, 0.1) is 0 Å². The molecule has 2 N–H and O–H groups in total. The Morgan fingerprint density at radius 3 is 2.46 bits per heavy atom. The van der Waals surface area contributed by atoms with Crippen molar-refractivity contribution < 1.29 is 23.4 Å². The molecule has 3 aliphatic rings. The van der Waals surface area contributed by atoms with E-state index in [0.717, 1.165) is 36.1 Å². The van der Waals surface area contributed by atoms with E-state index < -0.39 is 11.7 Å². The minimum absolute atomic E-state index is 0.0112. The molecule has 1 unspecified atom stereocenters. The van der Waals surface area contributed by atoms with Gasteiger partial charge in [0.1, 0.15) is 0 Å². The molecule has 128 valence electrons. The van der Waals surface area contributed by atoms with Crippen LogP contribution in [-0.2, 0) is 6.18 Å². The van der Waals surface area contributed by atoms with Crippen molar-refractivity contribution in [2.45, 2.75) is 31.0 Å². The van der Waals surface area contributed by atoms with Crippen LogP contribution in [0.5, 0.6) is 11.8 Å². The summed E-state index contributed by atoms with van der Waals surface area (Å²) in [5, 5.41) is 21.3. The van der Waals surface area contributed by atoms with Gasteiger partial charge in [-0.15, -0.1) is 0 Å². The number of nitrogens with zero attached hydrogens (tertiary/aromatic N) is 2. The van der Waals surface area contributed by atoms with E-state index in [9.17, 15) is 23.4 Å². The van der Waals surface area contributed by atoms with Crippen molar-refractivity contribution in [3.8, 4) is 17.4 Å². The highest BCUT2D eigenvalue weighted by atomic mass is 19.4. The summed E-state index contributed by atoms with van der Waals surface area (Å²) in [4.78, 5) is 2.12. The van der Waals surface area contributed by atoms with Crippen LogP contribution in [0.2, 0.25) is 0 Å². The van der Waals surface area contributed by atoms with E-state index in [4.69, 9.17) is 0 Å². The zero-order valence-corrected chi connectivity index (χ0v) is 13.0. The van der Waals surface area contributed by atoms with Crippen LogP contribution < -0.4 is 0 Å². The summed E-state index contributed by atoms with van der Waals surface area (Å²) in [6, 6.07) is 4.63. The molecule has 1 fully saturated rings. The Labute approximate surface area is 136 Å². The van der Waals surface area contributed by atoms with Gasteiger partial charge >= 0.3 is 6.18 Å². The number of rotatable bonds is 1. The Morgan fingerprint density at radius 1 is 1.08 bits per heavy atom. The van der Waals surface area contributed by atoms with E-state index in [1.165, 1.54) is 12.1 Å². The zero-order chi connectivity index (χ0) is 17.2. The maximum Gasteiger partial charge on any atom is 0.416 e. The number of benzene rings is 1. The number of hydrogen-bond acceptors (Lipinski definition) is 3. The maximum absolute atomic E-state index is 13.0. The van der Waals surface area contributed by atoms with Crippen molar-refractivity contribution in [3.05, 3.63) is 41.0 Å². The predicted octanol–water partition coefficient (Wildman–Crippen LogP) is 3.77. The van der Waals surface area contributed by atoms with Crippen molar-refractivity contribution in [1.82, 2.24) is 9.47 Å². The molecule has 0 amide bonds. The number of alkyl halides is 3. The third kappa shape index (κ3) is 2.04. The first kappa shape index (κ1) is 15.4. The Hall–Kier alpha value is -2.15. The van der Waals surface area contributed by atoms with Crippen LogP contribution in [0.1, 0.15) is 41.5 Å². The minimum atomic E-state index is -4.48. The molecule has 3 heterocycles. The molecule has 2 aromatic rings. The van der Waals surface area contributed by atoms with Gasteiger partial charge in [-0.3, -0.25) is 9.47 Å². The lowest BCUT2D eigenvalue weighted by Gasteiger charge is -2.43. The summed E-state index contributed by atoms with van der Waals surface area (Å²) in [7, 11) is 1.96. The van der Waals surface area contributed by atoms with E-state index >= 15 is 0 Å².